The summed E-state index contributed by atoms with van der Waals surface area (Å²) in [5.41, 5.74) is 0.895. The number of benzene rings is 3. The van der Waals surface area contributed by atoms with Crippen LogP contribution in [-0.2, 0) is 17.0 Å². The van der Waals surface area contributed by atoms with Gasteiger partial charge in [0.1, 0.15) is 0 Å². The van der Waals surface area contributed by atoms with Crippen molar-refractivity contribution in [2.75, 3.05) is 11.9 Å². The number of nitrogens with zero attached hydrogens (tertiary/aromatic N) is 2. The summed E-state index contributed by atoms with van der Waals surface area (Å²) >= 11 is 0. The average molecular weight is 496 g/mol. The van der Waals surface area contributed by atoms with Crippen LogP contribution >= 0.6 is 0 Å². The summed E-state index contributed by atoms with van der Waals surface area (Å²) < 4.78 is 40.9. The molecule has 0 aliphatic carbocycles. The van der Waals surface area contributed by atoms with E-state index in [1.807, 2.05) is 30.3 Å². The van der Waals surface area contributed by atoms with Gasteiger partial charge in [0.15, 0.2) is 12.3 Å². The van der Waals surface area contributed by atoms with Crippen LogP contribution in [0.4, 0.5) is 23.9 Å². The number of alkyl halides is 3. The summed E-state index contributed by atoms with van der Waals surface area (Å²) in [4.78, 5) is 33.3. The highest BCUT2D eigenvalue weighted by atomic mass is 19.4. The molecule has 4 aromatic rings. The number of rotatable bonds is 5. The van der Waals surface area contributed by atoms with Crippen LogP contribution < -0.4 is 5.32 Å². The van der Waals surface area contributed by atoms with E-state index in [1.165, 1.54) is 4.90 Å². The lowest BCUT2D eigenvalue weighted by atomic mass is 9.93. The highest BCUT2D eigenvalue weighted by molar-refractivity contribution is 6.00. The lowest BCUT2D eigenvalue weighted by molar-refractivity contribution is -0.159. The van der Waals surface area contributed by atoms with Crippen molar-refractivity contribution in [1.82, 2.24) is 14.9 Å². The first-order valence-corrected chi connectivity index (χ1v) is 10.8. The summed E-state index contributed by atoms with van der Waals surface area (Å²) in [7, 11) is 0. The van der Waals surface area contributed by atoms with E-state index in [2.05, 4.69) is 20.0 Å². The minimum Gasteiger partial charge on any atom is -0.440 e. The largest absolute Gasteiger partial charge is 0.440 e. The van der Waals surface area contributed by atoms with Crippen molar-refractivity contribution in [3.8, 4) is 0 Å². The number of anilines is 1. The molecule has 3 N–H and O–H groups in total. The van der Waals surface area contributed by atoms with Gasteiger partial charge in [0.05, 0.1) is 11.0 Å². The van der Waals surface area contributed by atoms with Gasteiger partial charge in [-0.3, -0.25) is 15.0 Å². The zero-order chi connectivity index (χ0) is 25.5. The van der Waals surface area contributed by atoms with Crippen LogP contribution in [0.25, 0.3) is 11.0 Å². The number of fused-ring (bicyclic) bond motifs is 2. The van der Waals surface area contributed by atoms with Gasteiger partial charge in [-0.25, -0.2) is 9.78 Å². The molecule has 1 unspecified atom stereocenters. The number of ether oxygens (including phenoxy) is 1. The number of hydrogen-bond donors (Lipinski definition) is 3. The van der Waals surface area contributed by atoms with Gasteiger partial charge < -0.3 is 14.8 Å². The second kappa shape index (κ2) is 8.68. The van der Waals surface area contributed by atoms with Crippen LogP contribution in [-0.4, -0.2) is 44.8 Å². The second-order valence-electron chi connectivity index (χ2n) is 8.23. The molecule has 1 atom stereocenters. The number of aliphatic hydroxyl groups is 1. The van der Waals surface area contributed by atoms with E-state index in [1.54, 1.807) is 42.5 Å². The molecule has 11 heteroatoms. The van der Waals surface area contributed by atoms with E-state index in [9.17, 15) is 27.9 Å². The molecule has 1 aromatic heterocycles. The lowest BCUT2D eigenvalue weighted by Gasteiger charge is -2.35. The molecule has 0 spiro atoms. The smallest absolute Gasteiger partial charge is 0.422 e. The molecule has 1 aliphatic heterocycles. The minimum atomic E-state index is -4.66. The summed E-state index contributed by atoms with van der Waals surface area (Å²) in [6.45, 7) is -1.60. The zero-order valence-corrected chi connectivity index (χ0v) is 18.5. The standard InChI is InChI=1S/C25H19F3N4O4/c26-24(27,28)14-36-23(34)31-22-29-19-11-10-16(12-20(19)30-22)25(35)18-9-5-4-8-17(18)21(33)32(25)13-15-6-2-1-3-7-15/h1-12,35H,13-14H2,(H2,29,30,31,34). The van der Waals surface area contributed by atoms with E-state index < -0.39 is 24.6 Å². The van der Waals surface area contributed by atoms with Crippen LogP contribution in [0.1, 0.15) is 27.0 Å². The van der Waals surface area contributed by atoms with Crippen LogP contribution in [0.2, 0.25) is 0 Å². The minimum absolute atomic E-state index is 0.134. The topological polar surface area (TPSA) is 108 Å². The molecular weight excluding hydrogens is 477 g/mol. The van der Waals surface area contributed by atoms with Crippen molar-refractivity contribution in [2.45, 2.75) is 18.4 Å². The van der Waals surface area contributed by atoms with Gasteiger partial charge in [0.2, 0.25) is 5.95 Å². The fourth-order valence-corrected chi connectivity index (χ4v) is 4.24. The maximum absolute atomic E-state index is 13.3. The number of hydrogen-bond acceptors (Lipinski definition) is 5. The summed E-state index contributed by atoms with van der Waals surface area (Å²) in [6, 6.07) is 20.8. The number of halogens is 3. The number of nitrogens with one attached hydrogen (secondary N) is 2. The molecule has 5 rings (SSSR count). The predicted octanol–water partition coefficient (Wildman–Crippen LogP) is 4.52. The van der Waals surface area contributed by atoms with Gasteiger partial charge in [-0.05, 0) is 23.8 Å². The third-order valence-electron chi connectivity index (χ3n) is 5.83. The van der Waals surface area contributed by atoms with Crippen molar-refractivity contribution < 1.29 is 32.6 Å². The Balaban J connectivity index is 1.49. The van der Waals surface area contributed by atoms with E-state index >= 15 is 0 Å². The predicted molar refractivity (Wildman–Crippen MR) is 123 cm³/mol. The monoisotopic (exact) mass is 496 g/mol. The fourth-order valence-electron chi connectivity index (χ4n) is 4.24. The number of aromatic nitrogens is 2. The quantitative estimate of drug-likeness (QED) is 0.377. The number of H-pyrrole nitrogens is 1. The Morgan fingerprint density at radius 1 is 1.08 bits per heavy atom. The molecule has 3 aromatic carbocycles. The average Bonchev–Trinajstić information content (AvgIpc) is 3.35. The Kier molecular flexibility index (Phi) is 5.64. The normalized spacial score (nSPS) is 17.3. The lowest BCUT2D eigenvalue weighted by Crippen LogP contribution is -2.44. The Morgan fingerprint density at radius 3 is 2.56 bits per heavy atom. The molecule has 36 heavy (non-hydrogen) atoms. The first-order valence-electron chi connectivity index (χ1n) is 10.8. The van der Waals surface area contributed by atoms with Gasteiger partial charge >= 0.3 is 12.3 Å². The van der Waals surface area contributed by atoms with E-state index in [4.69, 9.17) is 0 Å². The second-order valence-corrected chi connectivity index (χ2v) is 8.23. The van der Waals surface area contributed by atoms with Crippen LogP contribution in [0.3, 0.4) is 0 Å². The summed E-state index contributed by atoms with van der Waals surface area (Å²) in [5.74, 6) is -0.473. The SMILES string of the molecule is O=C(Nc1nc2cc(C3(O)c4ccccc4C(=O)N3Cc3ccccc3)ccc2[nH]1)OCC(F)(F)F. The molecule has 2 amide bonds. The molecule has 184 valence electrons. The Bertz CT molecular complexity index is 1450. The maximum atomic E-state index is 13.3. The van der Waals surface area contributed by atoms with E-state index in [0.717, 1.165) is 5.56 Å². The van der Waals surface area contributed by atoms with Crippen LogP contribution in [0.15, 0.2) is 72.8 Å². The third kappa shape index (κ3) is 4.24. The van der Waals surface area contributed by atoms with Crippen molar-refractivity contribution in [3.05, 3.63) is 95.1 Å². The Labute approximate surface area is 202 Å². The molecule has 0 radical (unpaired) electrons. The Morgan fingerprint density at radius 2 is 1.81 bits per heavy atom. The number of aromatic amines is 1. The van der Waals surface area contributed by atoms with Gasteiger partial charge in [-0.2, -0.15) is 13.2 Å². The van der Waals surface area contributed by atoms with Crippen molar-refractivity contribution in [3.63, 3.8) is 0 Å². The van der Waals surface area contributed by atoms with E-state index in [0.29, 0.717) is 27.7 Å². The van der Waals surface area contributed by atoms with Crippen molar-refractivity contribution in [2.24, 2.45) is 0 Å². The molecule has 1 aliphatic rings. The van der Waals surface area contributed by atoms with Gasteiger partial charge in [-0.15, -0.1) is 0 Å². The number of imidazole rings is 1. The summed E-state index contributed by atoms with van der Waals surface area (Å²) in [5, 5.41) is 14.1. The van der Waals surface area contributed by atoms with Gasteiger partial charge in [-0.1, -0.05) is 54.6 Å². The maximum Gasteiger partial charge on any atom is 0.422 e. The Hall–Kier alpha value is -4.38. The third-order valence-corrected chi connectivity index (χ3v) is 5.83. The first-order chi connectivity index (χ1) is 17.1. The fraction of sp³-hybridized carbons (Fsp3) is 0.160. The number of carbonyl (C=O) groups is 2. The highest BCUT2D eigenvalue weighted by Crippen LogP contribution is 2.43. The molecule has 0 saturated heterocycles. The molecule has 2 heterocycles. The number of carbonyl (C=O) groups excluding carboxylic acids is 2. The molecular formula is C25H19F3N4O4. The molecule has 0 bridgehead atoms. The number of amides is 2. The molecule has 0 saturated carbocycles. The molecule has 0 fully saturated rings. The van der Waals surface area contributed by atoms with Crippen molar-refractivity contribution >= 4 is 29.0 Å². The van der Waals surface area contributed by atoms with Gasteiger partial charge in [0.25, 0.3) is 5.91 Å². The van der Waals surface area contributed by atoms with Crippen molar-refractivity contribution in [1.29, 1.82) is 0 Å². The highest BCUT2D eigenvalue weighted by Gasteiger charge is 2.49. The molecule has 8 nitrogen and oxygen atoms in total. The first kappa shape index (κ1) is 23.4. The van der Waals surface area contributed by atoms with Gasteiger partial charge in [0, 0.05) is 23.2 Å². The van der Waals surface area contributed by atoms with E-state index in [-0.39, 0.29) is 18.4 Å². The summed E-state index contributed by atoms with van der Waals surface area (Å²) in [6.07, 6.45) is -5.98. The van der Waals surface area contributed by atoms with Crippen LogP contribution in [0, 0.1) is 0 Å². The zero-order valence-electron chi connectivity index (χ0n) is 18.5. The van der Waals surface area contributed by atoms with Crippen LogP contribution in [0.5, 0.6) is 0 Å².